The Kier molecular flexibility index (Phi) is 5.85. The lowest BCUT2D eigenvalue weighted by molar-refractivity contribution is -0.272. The molecule has 1 aromatic heterocycles. The van der Waals surface area contributed by atoms with Crippen LogP contribution in [-0.2, 0) is 22.7 Å². The standard InChI is InChI=1S/C19H21F3N4O5S/c1-11(2)26-16(28)13-5-4-12(10-14(13)32(26,30)31)15(27)23-7-6-18(29,19(20,21)22)17-24-8-9-25(17)3/h4-5,8-11,29H,6-7H2,1-3H3,(H,23,27). The molecule has 2 N–H and O–H groups in total. The van der Waals surface area contributed by atoms with E-state index < -0.39 is 58.4 Å². The molecular weight excluding hydrogens is 453 g/mol. The first kappa shape index (κ1) is 23.7. The number of nitrogens with zero attached hydrogens (tertiary/aromatic N) is 3. The molecule has 0 saturated heterocycles. The predicted octanol–water partition coefficient (Wildman–Crippen LogP) is 1.54. The molecule has 13 heteroatoms. The molecule has 174 valence electrons. The van der Waals surface area contributed by atoms with Crippen molar-refractivity contribution in [2.45, 2.75) is 43.0 Å². The second-order valence-corrected chi connectivity index (χ2v) is 9.42. The second kappa shape index (κ2) is 7.89. The lowest BCUT2D eigenvalue weighted by Gasteiger charge is -2.30. The maximum atomic E-state index is 13.5. The number of imidazole rings is 1. The van der Waals surface area contributed by atoms with Gasteiger partial charge in [-0.15, -0.1) is 0 Å². The Bertz CT molecular complexity index is 1180. The first-order chi connectivity index (χ1) is 14.7. The van der Waals surface area contributed by atoms with Crippen LogP contribution in [0.5, 0.6) is 0 Å². The van der Waals surface area contributed by atoms with Crippen LogP contribution in [0.2, 0.25) is 0 Å². The first-order valence-corrected chi connectivity index (χ1v) is 10.9. The smallest absolute Gasteiger partial charge is 0.374 e. The second-order valence-electron chi connectivity index (χ2n) is 7.64. The van der Waals surface area contributed by atoms with E-state index in [0.717, 1.165) is 16.8 Å². The van der Waals surface area contributed by atoms with E-state index in [1.54, 1.807) is 0 Å². The van der Waals surface area contributed by atoms with Gasteiger partial charge in [0.25, 0.3) is 21.8 Å². The van der Waals surface area contributed by atoms with Gasteiger partial charge in [-0.05, 0) is 32.0 Å². The first-order valence-electron chi connectivity index (χ1n) is 9.49. The van der Waals surface area contributed by atoms with E-state index in [2.05, 4.69) is 10.3 Å². The SMILES string of the molecule is CC(C)N1C(=O)c2ccc(C(=O)NCCC(O)(c3nccn3C)C(F)(F)F)cc2S1(=O)=O. The number of hydrogen-bond acceptors (Lipinski definition) is 6. The average molecular weight is 474 g/mol. The number of amides is 2. The lowest BCUT2D eigenvalue weighted by atomic mass is 9.97. The van der Waals surface area contributed by atoms with E-state index in [1.165, 1.54) is 39.2 Å². The molecule has 2 amide bonds. The summed E-state index contributed by atoms with van der Waals surface area (Å²) in [7, 11) is -2.85. The van der Waals surface area contributed by atoms with Crippen molar-refractivity contribution in [1.82, 2.24) is 19.2 Å². The highest BCUT2D eigenvalue weighted by molar-refractivity contribution is 7.90. The van der Waals surface area contributed by atoms with E-state index in [-0.39, 0.29) is 16.0 Å². The van der Waals surface area contributed by atoms with Crippen LogP contribution in [0.25, 0.3) is 0 Å². The van der Waals surface area contributed by atoms with Crippen LogP contribution in [0.1, 0.15) is 46.8 Å². The molecule has 2 heterocycles. The highest BCUT2D eigenvalue weighted by Crippen LogP contribution is 2.40. The van der Waals surface area contributed by atoms with Crippen LogP contribution in [0.3, 0.4) is 0 Å². The monoisotopic (exact) mass is 474 g/mol. The number of carbonyl (C=O) groups excluding carboxylic acids is 2. The fourth-order valence-corrected chi connectivity index (χ4v) is 5.30. The molecule has 1 aromatic carbocycles. The normalized spacial score (nSPS) is 17.4. The summed E-state index contributed by atoms with van der Waals surface area (Å²) < 4.78 is 67.7. The summed E-state index contributed by atoms with van der Waals surface area (Å²) in [5.74, 6) is -2.20. The van der Waals surface area contributed by atoms with Crippen molar-refractivity contribution < 1.29 is 36.3 Å². The number of aliphatic hydroxyl groups is 1. The van der Waals surface area contributed by atoms with Crippen molar-refractivity contribution in [2.24, 2.45) is 7.05 Å². The molecule has 32 heavy (non-hydrogen) atoms. The highest BCUT2D eigenvalue weighted by atomic mass is 32.2. The van der Waals surface area contributed by atoms with Gasteiger partial charge >= 0.3 is 6.18 Å². The molecule has 0 radical (unpaired) electrons. The number of benzene rings is 1. The van der Waals surface area contributed by atoms with E-state index in [9.17, 15) is 36.3 Å². The Balaban J connectivity index is 1.79. The van der Waals surface area contributed by atoms with Crippen LogP contribution in [-0.4, -0.2) is 58.0 Å². The maximum Gasteiger partial charge on any atom is 0.424 e. The number of aryl methyl sites for hydroxylation is 1. The third kappa shape index (κ3) is 3.75. The molecule has 1 unspecified atom stereocenters. The number of hydrogen-bond donors (Lipinski definition) is 2. The minimum atomic E-state index is -5.06. The number of aromatic nitrogens is 2. The number of nitrogens with one attached hydrogen (secondary N) is 1. The fraction of sp³-hybridized carbons (Fsp3) is 0.421. The van der Waals surface area contributed by atoms with Crippen molar-refractivity contribution in [3.63, 3.8) is 0 Å². The van der Waals surface area contributed by atoms with E-state index >= 15 is 0 Å². The molecule has 0 fully saturated rings. The van der Waals surface area contributed by atoms with Gasteiger partial charge in [0.1, 0.15) is 10.7 Å². The van der Waals surface area contributed by atoms with Crippen LogP contribution in [0.4, 0.5) is 13.2 Å². The Labute approximate surface area is 181 Å². The summed E-state index contributed by atoms with van der Waals surface area (Å²) in [5, 5.41) is 12.5. The van der Waals surface area contributed by atoms with Crippen molar-refractivity contribution in [1.29, 1.82) is 0 Å². The molecule has 2 aromatic rings. The maximum absolute atomic E-state index is 13.5. The van der Waals surface area contributed by atoms with Crippen LogP contribution in [0.15, 0.2) is 35.5 Å². The van der Waals surface area contributed by atoms with Gasteiger partial charge in [-0.1, -0.05) is 0 Å². The highest BCUT2D eigenvalue weighted by Gasteiger charge is 2.57. The summed E-state index contributed by atoms with van der Waals surface area (Å²) in [5.41, 5.74) is -3.54. The van der Waals surface area contributed by atoms with Gasteiger partial charge < -0.3 is 15.0 Å². The summed E-state index contributed by atoms with van der Waals surface area (Å²) in [4.78, 5) is 28.0. The molecule has 0 bridgehead atoms. The zero-order chi connectivity index (χ0) is 24.1. The van der Waals surface area contributed by atoms with Crippen LogP contribution in [0, 0.1) is 0 Å². The van der Waals surface area contributed by atoms with Gasteiger partial charge in [-0.3, -0.25) is 9.59 Å². The van der Waals surface area contributed by atoms with Gasteiger partial charge in [0.05, 0.1) is 5.56 Å². The van der Waals surface area contributed by atoms with E-state index in [1.807, 2.05) is 0 Å². The molecule has 1 aliphatic rings. The molecule has 0 saturated carbocycles. The summed E-state index contributed by atoms with van der Waals surface area (Å²) in [6, 6.07) is 2.77. The number of carbonyl (C=O) groups is 2. The third-order valence-electron chi connectivity index (χ3n) is 5.11. The summed E-state index contributed by atoms with van der Waals surface area (Å²) in [6.45, 7) is 2.47. The Morgan fingerprint density at radius 1 is 1.28 bits per heavy atom. The molecule has 0 aliphatic carbocycles. The largest absolute Gasteiger partial charge is 0.424 e. The predicted molar refractivity (Wildman–Crippen MR) is 105 cm³/mol. The Morgan fingerprint density at radius 3 is 2.47 bits per heavy atom. The van der Waals surface area contributed by atoms with Crippen molar-refractivity contribution in [2.75, 3.05) is 6.54 Å². The molecular formula is C19H21F3N4O5S. The number of fused-ring (bicyclic) bond motifs is 1. The van der Waals surface area contributed by atoms with Crippen molar-refractivity contribution in [3.8, 4) is 0 Å². The van der Waals surface area contributed by atoms with Crippen molar-refractivity contribution in [3.05, 3.63) is 47.5 Å². The number of alkyl halides is 3. The Morgan fingerprint density at radius 2 is 1.94 bits per heavy atom. The lowest BCUT2D eigenvalue weighted by Crippen LogP contribution is -2.46. The van der Waals surface area contributed by atoms with E-state index in [0.29, 0.717) is 4.31 Å². The molecule has 9 nitrogen and oxygen atoms in total. The number of sulfonamides is 1. The minimum Gasteiger partial charge on any atom is -0.374 e. The average Bonchev–Trinajstić information content (AvgIpc) is 3.19. The van der Waals surface area contributed by atoms with Gasteiger partial charge in [-0.2, -0.15) is 13.2 Å². The van der Waals surface area contributed by atoms with Gasteiger partial charge in [-0.25, -0.2) is 17.7 Å². The van der Waals surface area contributed by atoms with Crippen molar-refractivity contribution >= 4 is 21.8 Å². The Hall–Kier alpha value is -2.93. The van der Waals surface area contributed by atoms with Gasteiger partial charge in [0.15, 0.2) is 0 Å². The van der Waals surface area contributed by atoms with Crippen LogP contribution >= 0.6 is 0 Å². The summed E-state index contributed by atoms with van der Waals surface area (Å²) >= 11 is 0. The van der Waals surface area contributed by atoms with Gasteiger partial charge in [0, 0.05) is 44.0 Å². The quantitative estimate of drug-likeness (QED) is 0.655. The zero-order valence-corrected chi connectivity index (χ0v) is 18.2. The molecule has 3 rings (SSSR count). The third-order valence-corrected chi connectivity index (χ3v) is 7.11. The topological polar surface area (TPSA) is 122 Å². The van der Waals surface area contributed by atoms with Crippen LogP contribution < -0.4 is 5.32 Å². The fourth-order valence-electron chi connectivity index (χ4n) is 3.50. The zero-order valence-electron chi connectivity index (χ0n) is 17.3. The van der Waals surface area contributed by atoms with E-state index in [4.69, 9.17) is 0 Å². The molecule has 1 aliphatic heterocycles. The molecule has 1 atom stereocenters. The number of rotatable bonds is 6. The molecule has 0 spiro atoms. The number of halogens is 3. The minimum absolute atomic E-state index is 0.0866. The van der Waals surface area contributed by atoms with Gasteiger partial charge in [0.2, 0.25) is 5.60 Å². The summed E-state index contributed by atoms with van der Waals surface area (Å²) in [6.07, 6.45) is -3.62.